The van der Waals surface area contributed by atoms with Crippen molar-refractivity contribution in [3.63, 3.8) is 0 Å². The molecule has 0 saturated heterocycles. The van der Waals surface area contributed by atoms with Crippen molar-refractivity contribution < 1.29 is 17.6 Å². The van der Waals surface area contributed by atoms with Crippen molar-refractivity contribution in [2.45, 2.75) is 31.5 Å². The Morgan fingerprint density at radius 3 is 1.54 bits per heavy atom. The van der Waals surface area contributed by atoms with E-state index < -0.39 is 16.2 Å². The highest BCUT2D eigenvalue weighted by atomic mass is 79.9. The molecule has 0 aliphatic carbocycles. The lowest BCUT2D eigenvalue weighted by molar-refractivity contribution is -0.111. The second-order valence-electron chi connectivity index (χ2n) is 3.82. The molecule has 0 aromatic rings. The molecule has 0 heterocycles. The molecule has 0 fully saturated rings. The zero-order chi connectivity index (χ0) is 10.9. The van der Waals surface area contributed by atoms with Crippen molar-refractivity contribution in [1.29, 1.82) is 0 Å². The number of rotatable bonds is 2. The van der Waals surface area contributed by atoms with Crippen molar-refractivity contribution in [2.75, 3.05) is 0 Å². The van der Waals surface area contributed by atoms with E-state index in [-0.39, 0.29) is 6.08 Å². The summed E-state index contributed by atoms with van der Waals surface area (Å²) in [6.07, 6.45) is 1.28. The van der Waals surface area contributed by atoms with Gasteiger partial charge in [-0.1, -0.05) is 26.8 Å². The van der Waals surface area contributed by atoms with Gasteiger partial charge in [0.15, 0.2) is 0 Å². The second-order valence-corrected chi connectivity index (χ2v) is 4.82. The van der Waals surface area contributed by atoms with Crippen LogP contribution in [0.5, 0.6) is 0 Å². The molecule has 0 aliphatic rings. The molecule has 0 spiro atoms. The second kappa shape index (κ2) is 3.59. The van der Waals surface area contributed by atoms with E-state index >= 15 is 0 Å². The van der Waals surface area contributed by atoms with Crippen LogP contribution in [0.3, 0.4) is 0 Å². The smallest absolute Gasteiger partial charge is 0.194 e. The molecule has 5 heteroatoms. The third-order valence-electron chi connectivity index (χ3n) is 1.17. The molecular formula is C8H11BrF4. The Labute approximate surface area is 83.1 Å². The first-order valence-electron chi connectivity index (χ1n) is 3.61. The fourth-order valence-corrected chi connectivity index (χ4v) is 0.581. The quantitative estimate of drug-likeness (QED) is 0.397. The van der Waals surface area contributed by atoms with Crippen molar-refractivity contribution in [2.24, 2.45) is 5.41 Å². The maximum Gasteiger partial charge on any atom is 0.367 e. The molecule has 0 aromatic carbocycles. The van der Waals surface area contributed by atoms with Crippen LogP contribution >= 0.6 is 15.9 Å². The highest BCUT2D eigenvalue weighted by Gasteiger charge is 2.52. The summed E-state index contributed by atoms with van der Waals surface area (Å²) in [5.74, 6) is -4.15. The molecule has 0 saturated carbocycles. The van der Waals surface area contributed by atoms with Gasteiger partial charge in [0.05, 0.1) is 0 Å². The predicted molar refractivity (Wildman–Crippen MR) is 47.4 cm³/mol. The lowest BCUT2D eigenvalue weighted by Crippen LogP contribution is -2.32. The molecule has 0 radical (unpaired) electrons. The highest BCUT2D eigenvalue weighted by Crippen LogP contribution is 2.40. The summed E-state index contributed by atoms with van der Waals surface area (Å²) in [7, 11) is 0. The fourth-order valence-electron chi connectivity index (χ4n) is 0.449. The molecule has 0 unspecified atom stereocenters. The van der Waals surface area contributed by atoms with Gasteiger partial charge in [-0.15, -0.1) is 0 Å². The average molecular weight is 263 g/mol. The van der Waals surface area contributed by atoms with Gasteiger partial charge in [0, 0.05) is 0 Å². The van der Waals surface area contributed by atoms with Crippen LogP contribution in [0.15, 0.2) is 12.2 Å². The number of hydrogen-bond acceptors (Lipinski definition) is 0. The summed E-state index contributed by atoms with van der Waals surface area (Å²) in [4.78, 5) is -4.19. The first-order chi connectivity index (χ1) is 5.46. The molecule has 13 heavy (non-hydrogen) atoms. The van der Waals surface area contributed by atoms with E-state index in [4.69, 9.17) is 0 Å². The minimum absolute atomic E-state index is 0.224. The van der Waals surface area contributed by atoms with E-state index in [9.17, 15) is 17.6 Å². The van der Waals surface area contributed by atoms with Crippen LogP contribution in [0.25, 0.3) is 0 Å². The predicted octanol–water partition coefficient (Wildman–Crippen LogP) is 4.21. The summed E-state index contributed by atoms with van der Waals surface area (Å²) in [6.45, 7) is 4.93. The van der Waals surface area contributed by atoms with E-state index in [0.717, 1.165) is 6.08 Å². The van der Waals surface area contributed by atoms with Crippen LogP contribution in [0, 0.1) is 5.41 Å². The Balaban J connectivity index is 4.62. The first-order valence-corrected chi connectivity index (χ1v) is 4.40. The maximum absolute atomic E-state index is 12.6. The van der Waals surface area contributed by atoms with E-state index in [1.807, 2.05) is 0 Å². The fraction of sp³-hybridized carbons (Fsp3) is 0.750. The van der Waals surface area contributed by atoms with E-state index in [0.29, 0.717) is 0 Å². The van der Waals surface area contributed by atoms with Gasteiger partial charge in [-0.05, 0) is 27.4 Å². The Kier molecular flexibility index (Phi) is 3.58. The molecule has 0 atom stereocenters. The minimum atomic E-state index is -4.19. The Morgan fingerprint density at radius 1 is 0.923 bits per heavy atom. The van der Waals surface area contributed by atoms with Gasteiger partial charge in [0.25, 0.3) is 0 Å². The molecule has 0 rings (SSSR count). The lowest BCUT2D eigenvalue weighted by Gasteiger charge is -2.19. The third kappa shape index (κ3) is 4.64. The minimum Gasteiger partial charge on any atom is -0.194 e. The maximum atomic E-state index is 12.6. The van der Waals surface area contributed by atoms with E-state index in [1.54, 1.807) is 36.7 Å². The van der Waals surface area contributed by atoms with Gasteiger partial charge >= 0.3 is 10.8 Å². The van der Waals surface area contributed by atoms with Crippen LogP contribution in [0.2, 0.25) is 0 Å². The lowest BCUT2D eigenvalue weighted by atomic mass is 9.95. The monoisotopic (exact) mass is 262 g/mol. The number of allylic oxidation sites excluding steroid dienone is 2. The largest absolute Gasteiger partial charge is 0.367 e. The van der Waals surface area contributed by atoms with E-state index in [1.165, 1.54) is 0 Å². The van der Waals surface area contributed by atoms with Crippen LogP contribution < -0.4 is 0 Å². The molecule has 0 amide bonds. The summed E-state index contributed by atoms with van der Waals surface area (Å²) in [5.41, 5.74) is -0.540. The number of halogens is 5. The molecule has 0 N–H and O–H groups in total. The molecular weight excluding hydrogens is 252 g/mol. The summed E-state index contributed by atoms with van der Waals surface area (Å²) >= 11 is 1.63. The van der Waals surface area contributed by atoms with Gasteiger partial charge in [-0.3, -0.25) is 0 Å². The molecule has 0 aromatic heterocycles. The first kappa shape index (κ1) is 12.9. The summed E-state index contributed by atoms with van der Waals surface area (Å²) < 4.78 is 49.5. The van der Waals surface area contributed by atoms with Crippen molar-refractivity contribution in [1.82, 2.24) is 0 Å². The zero-order valence-corrected chi connectivity index (χ0v) is 9.13. The third-order valence-corrected chi connectivity index (χ3v) is 1.70. The van der Waals surface area contributed by atoms with E-state index in [2.05, 4.69) is 0 Å². The number of alkyl halides is 5. The van der Waals surface area contributed by atoms with Crippen molar-refractivity contribution in [3.8, 4) is 0 Å². The van der Waals surface area contributed by atoms with Crippen LogP contribution in [0.4, 0.5) is 17.6 Å². The van der Waals surface area contributed by atoms with Gasteiger partial charge < -0.3 is 0 Å². The van der Waals surface area contributed by atoms with Crippen molar-refractivity contribution in [3.05, 3.63) is 12.2 Å². The molecule has 0 aliphatic heterocycles. The highest BCUT2D eigenvalue weighted by molar-refractivity contribution is 9.10. The molecule has 78 valence electrons. The van der Waals surface area contributed by atoms with Gasteiger partial charge in [-0.2, -0.15) is 17.6 Å². The normalized spacial score (nSPS) is 15.4. The Morgan fingerprint density at radius 2 is 1.31 bits per heavy atom. The Bertz CT molecular complexity index is 197. The van der Waals surface area contributed by atoms with Gasteiger partial charge in [0.2, 0.25) is 0 Å². The van der Waals surface area contributed by atoms with Gasteiger partial charge in [-0.25, -0.2) is 0 Å². The van der Waals surface area contributed by atoms with Crippen LogP contribution in [0.1, 0.15) is 20.8 Å². The standard InChI is InChI=1S/C8H11BrF4/c1-6(2,3)4-5-7(10,11)8(9,12)13/h4-5H,1-3H3/b5-4+. The van der Waals surface area contributed by atoms with Crippen LogP contribution in [-0.4, -0.2) is 10.8 Å². The molecule has 0 bridgehead atoms. The van der Waals surface area contributed by atoms with Gasteiger partial charge in [0.1, 0.15) is 0 Å². The average Bonchev–Trinajstić information content (AvgIpc) is 1.79. The van der Waals surface area contributed by atoms with Crippen molar-refractivity contribution >= 4 is 15.9 Å². The topological polar surface area (TPSA) is 0 Å². The molecule has 0 nitrogen and oxygen atoms in total. The SMILES string of the molecule is CC(C)(C)/C=C/C(F)(F)C(F)(F)Br. The summed E-state index contributed by atoms with van der Waals surface area (Å²) in [5, 5.41) is 0. The van der Waals surface area contributed by atoms with Crippen LogP contribution in [-0.2, 0) is 0 Å². The summed E-state index contributed by atoms with van der Waals surface area (Å²) in [6, 6.07) is 0. The zero-order valence-electron chi connectivity index (χ0n) is 7.54. The number of hydrogen-bond donors (Lipinski definition) is 0. The Hall–Kier alpha value is -0.0600.